The van der Waals surface area contributed by atoms with Gasteiger partial charge in [-0.2, -0.15) is 0 Å². The Balaban J connectivity index is 2.93. The lowest BCUT2D eigenvalue weighted by molar-refractivity contribution is -0.138. The molecule has 1 rings (SSSR count). The lowest BCUT2D eigenvalue weighted by Gasteiger charge is -2.31. The molecule has 7 heteroatoms. The summed E-state index contributed by atoms with van der Waals surface area (Å²) in [5, 5.41) is 11.7. The molecular weight excluding hydrogens is 309 g/mol. The largest absolute Gasteiger partial charge is 0.481 e. The molecule has 1 aromatic heterocycles. The number of halogens is 2. The van der Waals surface area contributed by atoms with Crippen molar-refractivity contribution >= 4 is 46.4 Å². The zero-order valence-electron chi connectivity index (χ0n) is 10.6. The molecule has 106 valence electrons. The van der Waals surface area contributed by atoms with E-state index in [9.17, 15) is 9.59 Å². The SMILES string of the molecule is CCC(CC)(CC(=O)O)NC(=O)c1cc(Cl)sc1Cl. The molecule has 0 saturated heterocycles. The van der Waals surface area contributed by atoms with Crippen molar-refractivity contribution in [2.24, 2.45) is 0 Å². The van der Waals surface area contributed by atoms with Gasteiger partial charge in [-0.25, -0.2) is 0 Å². The molecule has 1 aromatic rings. The second-order valence-corrected chi connectivity index (χ2v) is 6.54. The molecular formula is C12H15Cl2NO3S. The van der Waals surface area contributed by atoms with Gasteiger partial charge < -0.3 is 10.4 Å². The van der Waals surface area contributed by atoms with Crippen LogP contribution in [0.3, 0.4) is 0 Å². The number of nitrogens with one attached hydrogen (secondary N) is 1. The first-order chi connectivity index (χ1) is 8.83. The van der Waals surface area contributed by atoms with E-state index in [1.54, 1.807) is 0 Å². The molecule has 0 bridgehead atoms. The number of amides is 1. The second kappa shape index (κ2) is 6.59. The molecule has 1 heterocycles. The molecule has 0 fully saturated rings. The summed E-state index contributed by atoms with van der Waals surface area (Å²) in [6, 6.07) is 1.49. The fourth-order valence-electron chi connectivity index (χ4n) is 1.81. The van der Waals surface area contributed by atoms with E-state index in [-0.39, 0.29) is 12.0 Å². The summed E-state index contributed by atoms with van der Waals surface area (Å²) in [6.45, 7) is 3.68. The van der Waals surface area contributed by atoms with Gasteiger partial charge in [-0.3, -0.25) is 9.59 Å². The normalized spacial score (nSPS) is 11.4. The number of hydrogen-bond donors (Lipinski definition) is 2. The molecule has 0 spiro atoms. The van der Waals surface area contributed by atoms with Crippen LogP contribution in [0.4, 0.5) is 0 Å². The van der Waals surface area contributed by atoms with E-state index >= 15 is 0 Å². The van der Waals surface area contributed by atoms with Crippen LogP contribution in [0.25, 0.3) is 0 Å². The maximum Gasteiger partial charge on any atom is 0.305 e. The minimum Gasteiger partial charge on any atom is -0.481 e. The standard InChI is InChI=1S/C12H15Cl2NO3S/c1-3-12(4-2,6-9(16)17)15-11(18)7-5-8(13)19-10(7)14/h5H,3-4,6H2,1-2H3,(H,15,18)(H,16,17). The molecule has 0 aliphatic heterocycles. The number of aliphatic carboxylic acids is 1. The van der Waals surface area contributed by atoms with Crippen LogP contribution in [-0.2, 0) is 4.79 Å². The van der Waals surface area contributed by atoms with E-state index in [2.05, 4.69) is 5.32 Å². The Labute approximate surface area is 125 Å². The second-order valence-electron chi connectivity index (χ2n) is 4.25. The minimum atomic E-state index is -0.946. The van der Waals surface area contributed by atoms with Gasteiger partial charge in [0.2, 0.25) is 0 Å². The molecule has 1 amide bonds. The molecule has 2 N–H and O–H groups in total. The van der Waals surface area contributed by atoms with Crippen LogP contribution in [0.1, 0.15) is 43.5 Å². The number of carbonyl (C=O) groups excluding carboxylic acids is 1. The molecule has 0 atom stereocenters. The quantitative estimate of drug-likeness (QED) is 0.836. The average molecular weight is 324 g/mol. The highest BCUT2D eigenvalue weighted by Gasteiger charge is 2.32. The van der Waals surface area contributed by atoms with Gasteiger partial charge in [-0.15, -0.1) is 11.3 Å². The van der Waals surface area contributed by atoms with Crippen LogP contribution in [0.5, 0.6) is 0 Å². The molecule has 0 aromatic carbocycles. The third kappa shape index (κ3) is 4.09. The zero-order valence-corrected chi connectivity index (χ0v) is 13.0. The van der Waals surface area contributed by atoms with Crippen molar-refractivity contribution in [3.05, 3.63) is 20.3 Å². The van der Waals surface area contributed by atoms with Crippen molar-refractivity contribution < 1.29 is 14.7 Å². The van der Waals surface area contributed by atoms with Gasteiger partial charge in [-0.05, 0) is 18.9 Å². The van der Waals surface area contributed by atoms with Crippen molar-refractivity contribution in [1.82, 2.24) is 5.32 Å². The predicted octanol–water partition coefficient (Wildman–Crippen LogP) is 3.82. The van der Waals surface area contributed by atoms with Crippen LogP contribution < -0.4 is 5.32 Å². The lowest BCUT2D eigenvalue weighted by atomic mass is 9.88. The summed E-state index contributed by atoms with van der Waals surface area (Å²) in [4.78, 5) is 23.1. The van der Waals surface area contributed by atoms with Crippen LogP contribution in [-0.4, -0.2) is 22.5 Å². The van der Waals surface area contributed by atoms with E-state index in [4.69, 9.17) is 28.3 Å². The van der Waals surface area contributed by atoms with Crippen LogP contribution in [0, 0.1) is 0 Å². The van der Waals surface area contributed by atoms with E-state index in [1.807, 2.05) is 13.8 Å². The summed E-state index contributed by atoms with van der Waals surface area (Å²) in [6.07, 6.45) is 0.926. The maximum atomic E-state index is 12.2. The van der Waals surface area contributed by atoms with Gasteiger partial charge in [0, 0.05) is 0 Å². The van der Waals surface area contributed by atoms with Gasteiger partial charge in [-0.1, -0.05) is 37.0 Å². The minimum absolute atomic E-state index is 0.124. The topological polar surface area (TPSA) is 66.4 Å². The summed E-state index contributed by atoms with van der Waals surface area (Å²) >= 11 is 12.8. The van der Waals surface area contributed by atoms with Gasteiger partial charge in [0.1, 0.15) is 4.34 Å². The predicted molar refractivity (Wildman–Crippen MR) is 77.4 cm³/mol. The smallest absolute Gasteiger partial charge is 0.305 e. The third-order valence-corrected chi connectivity index (χ3v) is 4.61. The van der Waals surface area contributed by atoms with Crippen molar-refractivity contribution in [3.8, 4) is 0 Å². The highest BCUT2D eigenvalue weighted by atomic mass is 35.5. The summed E-state index contributed by atoms with van der Waals surface area (Å²) in [5.74, 6) is -1.34. The summed E-state index contributed by atoms with van der Waals surface area (Å²) < 4.78 is 0.728. The van der Waals surface area contributed by atoms with E-state index < -0.39 is 17.4 Å². The van der Waals surface area contributed by atoms with E-state index in [0.717, 1.165) is 11.3 Å². The number of rotatable bonds is 6. The maximum absolute atomic E-state index is 12.2. The Morgan fingerprint density at radius 1 is 1.37 bits per heavy atom. The van der Waals surface area contributed by atoms with Crippen molar-refractivity contribution in [1.29, 1.82) is 0 Å². The Kier molecular flexibility index (Phi) is 5.64. The first-order valence-electron chi connectivity index (χ1n) is 5.82. The molecule has 4 nitrogen and oxygen atoms in total. The Morgan fingerprint density at radius 2 is 1.95 bits per heavy atom. The van der Waals surface area contributed by atoms with Gasteiger partial charge in [0.05, 0.1) is 21.9 Å². The monoisotopic (exact) mass is 323 g/mol. The lowest BCUT2D eigenvalue weighted by Crippen LogP contribution is -2.49. The third-order valence-electron chi connectivity index (χ3n) is 3.12. The molecule has 19 heavy (non-hydrogen) atoms. The molecule has 0 unspecified atom stereocenters. The van der Waals surface area contributed by atoms with Crippen molar-refractivity contribution in [2.45, 2.75) is 38.6 Å². The fourth-order valence-corrected chi connectivity index (χ4v) is 3.27. The molecule has 0 saturated carbocycles. The van der Waals surface area contributed by atoms with Crippen LogP contribution in [0.2, 0.25) is 8.67 Å². The number of carboxylic acid groups (broad SMARTS) is 1. The van der Waals surface area contributed by atoms with Gasteiger partial charge >= 0.3 is 5.97 Å². The number of hydrogen-bond acceptors (Lipinski definition) is 3. The molecule has 0 aliphatic rings. The van der Waals surface area contributed by atoms with Crippen LogP contribution in [0.15, 0.2) is 6.07 Å². The number of thiophene rings is 1. The summed E-state index contributed by atoms with van der Waals surface area (Å²) in [5.41, 5.74) is -0.478. The zero-order chi connectivity index (χ0) is 14.6. The average Bonchev–Trinajstić information content (AvgIpc) is 2.67. The number of carboxylic acids is 1. The van der Waals surface area contributed by atoms with Gasteiger partial charge in [0.25, 0.3) is 5.91 Å². The molecule has 0 radical (unpaired) electrons. The highest BCUT2D eigenvalue weighted by molar-refractivity contribution is 7.20. The highest BCUT2D eigenvalue weighted by Crippen LogP contribution is 2.32. The Bertz CT molecular complexity index is 483. The molecule has 0 aliphatic carbocycles. The van der Waals surface area contributed by atoms with Gasteiger partial charge in [0.15, 0.2) is 0 Å². The Morgan fingerprint density at radius 3 is 2.32 bits per heavy atom. The first kappa shape index (κ1) is 16.3. The van der Waals surface area contributed by atoms with Crippen molar-refractivity contribution in [3.63, 3.8) is 0 Å². The fraction of sp³-hybridized carbons (Fsp3) is 0.500. The summed E-state index contributed by atoms with van der Waals surface area (Å²) in [7, 11) is 0. The Hall–Kier alpha value is -0.780. The van der Waals surface area contributed by atoms with Crippen molar-refractivity contribution in [2.75, 3.05) is 0 Å². The number of carbonyl (C=O) groups is 2. The van der Waals surface area contributed by atoms with E-state index in [0.29, 0.717) is 21.5 Å². The first-order valence-corrected chi connectivity index (χ1v) is 7.40. The van der Waals surface area contributed by atoms with E-state index in [1.165, 1.54) is 6.07 Å². The van der Waals surface area contributed by atoms with Crippen LogP contribution >= 0.6 is 34.5 Å².